The fourth-order valence-electron chi connectivity index (χ4n) is 2.05. The maximum absolute atomic E-state index is 12.3. The molecular weight excluding hydrogens is 207 g/mol. The van der Waals surface area contributed by atoms with Crippen LogP contribution < -0.4 is 0 Å². The largest absolute Gasteiger partial charge is 0.401 e. The van der Waals surface area contributed by atoms with E-state index in [1.807, 2.05) is 6.92 Å². The average Bonchev–Trinajstić information content (AvgIpc) is 2.48. The molecule has 0 N–H and O–H groups in total. The van der Waals surface area contributed by atoms with E-state index in [0.29, 0.717) is 25.8 Å². The zero-order valence-electron chi connectivity index (χ0n) is 8.81. The highest BCUT2D eigenvalue weighted by Gasteiger charge is 2.37. The maximum atomic E-state index is 12.3. The Morgan fingerprint density at radius 2 is 2.13 bits per heavy atom. The molecule has 1 aliphatic carbocycles. The van der Waals surface area contributed by atoms with Gasteiger partial charge in [-0.1, -0.05) is 6.92 Å². The van der Waals surface area contributed by atoms with Crippen molar-refractivity contribution in [3.05, 3.63) is 0 Å². The van der Waals surface area contributed by atoms with Crippen LogP contribution in [0.4, 0.5) is 13.2 Å². The molecule has 0 heterocycles. The van der Waals surface area contributed by atoms with Crippen molar-refractivity contribution in [1.82, 2.24) is 4.90 Å². The lowest BCUT2D eigenvalue weighted by molar-refractivity contribution is -0.153. The Morgan fingerprint density at radius 3 is 2.53 bits per heavy atom. The number of rotatable bonds is 4. The first-order valence-corrected chi connectivity index (χ1v) is 5.27. The van der Waals surface area contributed by atoms with Crippen molar-refractivity contribution in [1.29, 1.82) is 0 Å². The number of alkyl halides is 3. The Hall–Kier alpha value is -0.580. The van der Waals surface area contributed by atoms with Gasteiger partial charge in [-0.25, -0.2) is 0 Å². The van der Waals surface area contributed by atoms with Crippen LogP contribution in [0.1, 0.15) is 32.6 Å². The number of hydrogen-bond donors (Lipinski definition) is 0. The van der Waals surface area contributed by atoms with E-state index in [2.05, 4.69) is 0 Å². The summed E-state index contributed by atoms with van der Waals surface area (Å²) < 4.78 is 36.8. The molecule has 0 aromatic carbocycles. The highest BCUT2D eigenvalue weighted by atomic mass is 19.4. The third kappa shape index (κ3) is 3.81. The van der Waals surface area contributed by atoms with Gasteiger partial charge in [0.15, 0.2) is 0 Å². The van der Waals surface area contributed by atoms with Crippen molar-refractivity contribution in [2.75, 3.05) is 13.1 Å². The fraction of sp³-hybridized carbons (Fsp3) is 0.900. The molecule has 1 atom stereocenters. The van der Waals surface area contributed by atoms with E-state index in [1.165, 1.54) is 4.90 Å². The van der Waals surface area contributed by atoms with E-state index < -0.39 is 18.8 Å². The number of ketones is 1. The molecular formula is C10H16F3NO. The van der Waals surface area contributed by atoms with Gasteiger partial charge in [0.05, 0.1) is 12.6 Å². The number of carbonyl (C=O) groups excluding carboxylic acids is 1. The van der Waals surface area contributed by atoms with E-state index in [9.17, 15) is 18.0 Å². The minimum absolute atomic E-state index is 0.0345. The highest BCUT2D eigenvalue weighted by molar-refractivity contribution is 5.85. The Labute approximate surface area is 87.4 Å². The summed E-state index contributed by atoms with van der Waals surface area (Å²) in [4.78, 5) is 12.6. The van der Waals surface area contributed by atoms with Crippen LogP contribution in [0.2, 0.25) is 0 Å². The van der Waals surface area contributed by atoms with Crippen LogP contribution in [0, 0.1) is 0 Å². The SMILES string of the molecule is CCCN(CC(F)(F)F)C1CCCC1=O. The molecule has 2 nitrogen and oxygen atoms in total. The number of Topliss-reactive ketones (excluding diaryl/α,β-unsaturated/α-hetero) is 1. The highest BCUT2D eigenvalue weighted by Crippen LogP contribution is 2.24. The summed E-state index contributed by atoms with van der Waals surface area (Å²) in [6.45, 7) is 1.20. The molecule has 5 heteroatoms. The molecule has 0 bridgehead atoms. The molecule has 0 aliphatic heterocycles. The first-order chi connectivity index (χ1) is 6.94. The Bertz CT molecular complexity index is 227. The molecule has 1 fully saturated rings. The molecule has 0 aromatic rings. The second-order valence-corrected chi connectivity index (χ2v) is 3.96. The molecule has 15 heavy (non-hydrogen) atoms. The first-order valence-electron chi connectivity index (χ1n) is 5.27. The minimum Gasteiger partial charge on any atom is -0.298 e. The summed E-state index contributed by atoms with van der Waals surface area (Å²) in [5.74, 6) is -0.0345. The molecule has 0 spiro atoms. The lowest BCUT2D eigenvalue weighted by atomic mass is 10.2. The van der Waals surface area contributed by atoms with Gasteiger partial charge in [-0.15, -0.1) is 0 Å². The van der Waals surface area contributed by atoms with Gasteiger partial charge >= 0.3 is 6.18 Å². The van der Waals surface area contributed by atoms with Gasteiger partial charge < -0.3 is 0 Å². The summed E-state index contributed by atoms with van der Waals surface area (Å²) >= 11 is 0. The predicted octanol–water partition coefficient (Wildman–Crippen LogP) is 2.38. The Balaban J connectivity index is 2.60. The first kappa shape index (κ1) is 12.5. The van der Waals surface area contributed by atoms with Crippen molar-refractivity contribution < 1.29 is 18.0 Å². The van der Waals surface area contributed by atoms with E-state index in [0.717, 1.165) is 6.42 Å². The third-order valence-corrected chi connectivity index (χ3v) is 2.61. The van der Waals surface area contributed by atoms with Crippen LogP contribution in [-0.4, -0.2) is 36.0 Å². The average molecular weight is 223 g/mol. The van der Waals surface area contributed by atoms with Gasteiger partial charge in [0.1, 0.15) is 5.78 Å². The summed E-state index contributed by atoms with van der Waals surface area (Å²) in [5, 5.41) is 0. The molecule has 1 unspecified atom stereocenters. The van der Waals surface area contributed by atoms with Crippen LogP contribution in [0.3, 0.4) is 0 Å². The molecule has 0 saturated heterocycles. The summed E-state index contributed by atoms with van der Waals surface area (Å²) in [6, 6.07) is -0.494. The number of halogens is 3. The van der Waals surface area contributed by atoms with Gasteiger partial charge in [0.2, 0.25) is 0 Å². The van der Waals surface area contributed by atoms with Crippen molar-refractivity contribution in [2.24, 2.45) is 0 Å². The second kappa shape index (κ2) is 4.96. The lowest BCUT2D eigenvalue weighted by Gasteiger charge is -2.28. The van der Waals surface area contributed by atoms with Crippen molar-refractivity contribution in [3.63, 3.8) is 0 Å². The van der Waals surface area contributed by atoms with Crippen molar-refractivity contribution in [2.45, 2.75) is 44.8 Å². The number of hydrogen-bond acceptors (Lipinski definition) is 2. The summed E-state index contributed by atoms with van der Waals surface area (Å²) in [7, 11) is 0. The molecule has 1 saturated carbocycles. The molecule has 0 aromatic heterocycles. The normalized spacial score (nSPS) is 22.7. The van der Waals surface area contributed by atoms with Crippen molar-refractivity contribution >= 4 is 5.78 Å². The topological polar surface area (TPSA) is 20.3 Å². The van der Waals surface area contributed by atoms with Gasteiger partial charge in [-0.2, -0.15) is 13.2 Å². The van der Waals surface area contributed by atoms with Crippen LogP contribution in [-0.2, 0) is 4.79 Å². The van der Waals surface area contributed by atoms with Crippen LogP contribution in [0.5, 0.6) is 0 Å². The predicted molar refractivity (Wildman–Crippen MR) is 50.6 cm³/mol. The van der Waals surface area contributed by atoms with Gasteiger partial charge in [-0.3, -0.25) is 9.69 Å². The monoisotopic (exact) mass is 223 g/mol. The van der Waals surface area contributed by atoms with Crippen LogP contribution in [0.25, 0.3) is 0 Å². The second-order valence-electron chi connectivity index (χ2n) is 3.96. The molecule has 88 valence electrons. The van der Waals surface area contributed by atoms with Gasteiger partial charge in [0, 0.05) is 6.42 Å². The van der Waals surface area contributed by atoms with Crippen molar-refractivity contribution in [3.8, 4) is 0 Å². The molecule has 1 rings (SSSR count). The zero-order valence-corrected chi connectivity index (χ0v) is 8.81. The van der Waals surface area contributed by atoms with E-state index >= 15 is 0 Å². The van der Waals surface area contributed by atoms with Crippen LogP contribution >= 0.6 is 0 Å². The maximum Gasteiger partial charge on any atom is 0.401 e. The third-order valence-electron chi connectivity index (χ3n) is 2.61. The smallest absolute Gasteiger partial charge is 0.298 e. The Morgan fingerprint density at radius 1 is 1.47 bits per heavy atom. The van der Waals surface area contributed by atoms with E-state index in [1.54, 1.807) is 0 Å². The molecule has 0 amide bonds. The minimum atomic E-state index is -4.21. The van der Waals surface area contributed by atoms with Crippen LogP contribution in [0.15, 0.2) is 0 Å². The molecule has 1 aliphatic rings. The summed E-state index contributed by atoms with van der Waals surface area (Å²) in [6.07, 6.45) is -1.84. The fourth-order valence-corrected chi connectivity index (χ4v) is 2.05. The summed E-state index contributed by atoms with van der Waals surface area (Å²) in [5.41, 5.74) is 0. The zero-order chi connectivity index (χ0) is 11.5. The van der Waals surface area contributed by atoms with E-state index in [4.69, 9.17) is 0 Å². The lowest BCUT2D eigenvalue weighted by Crippen LogP contribution is -2.44. The van der Waals surface area contributed by atoms with E-state index in [-0.39, 0.29) is 5.78 Å². The quantitative estimate of drug-likeness (QED) is 0.729. The standard InChI is InChI=1S/C10H16F3NO/c1-2-6-14(7-10(11,12)13)8-4-3-5-9(8)15/h8H,2-7H2,1H3. The number of carbonyl (C=O) groups is 1. The molecule has 0 radical (unpaired) electrons. The van der Waals surface area contributed by atoms with Gasteiger partial charge in [-0.05, 0) is 25.8 Å². The Kier molecular flexibility index (Phi) is 4.13. The number of nitrogens with zero attached hydrogens (tertiary/aromatic N) is 1. The van der Waals surface area contributed by atoms with Gasteiger partial charge in [0.25, 0.3) is 0 Å².